The number of nitrogens with one attached hydrogen (secondary N) is 1. The molecule has 1 rings (SSSR count). The summed E-state index contributed by atoms with van der Waals surface area (Å²) < 4.78 is 5.29. The summed E-state index contributed by atoms with van der Waals surface area (Å²) in [5, 5.41) is 22.2. The molecule has 0 bridgehead atoms. The first-order chi connectivity index (χ1) is 10.7. The molecule has 126 valence electrons. The second-order valence-corrected chi connectivity index (χ2v) is 5.65. The number of nitro benzene ring substituents is 1. The molecule has 0 saturated heterocycles. The Morgan fingerprint density at radius 3 is 2.57 bits per heavy atom. The zero-order valence-electron chi connectivity index (χ0n) is 13.1. The van der Waals surface area contributed by atoms with Crippen molar-refractivity contribution in [2.45, 2.75) is 38.6 Å². The van der Waals surface area contributed by atoms with E-state index in [0.29, 0.717) is 6.42 Å². The van der Waals surface area contributed by atoms with Crippen LogP contribution in [0.25, 0.3) is 0 Å². The molecule has 8 heteroatoms. The topological polar surface area (TPSA) is 119 Å². The van der Waals surface area contributed by atoms with E-state index in [0.717, 1.165) is 0 Å². The molecule has 0 saturated carbocycles. The average Bonchev–Trinajstić information content (AvgIpc) is 2.45. The monoisotopic (exact) mass is 324 g/mol. The highest BCUT2D eigenvalue weighted by Gasteiger charge is 2.21. The number of benzene rings is 1. The molecule has 8 nitrogen and oxygen atoms in total. The Hall–Kier alpha value is -2.64. The number of hydrogen-bond acceptors (Lipinski definition) is 5. The minimum absolute atomic E-state index is 0.00824. The third-order valence-corrected chi connectivity index (χ3v) is 3.09. The lowest BCUT2D eigenvalue weighted by Crippen LogP contribution is -2.44. The first-order valence-electron chi connectivity index (χ1n) is 7.10. The number of carbonyl (C=O) groups excluding carboxylic acids is 1. The number of hydrogen-bond donors (Lipinski definition) is 2. The van der Waals surface area contributed by atoms with Gasteiger partial charge in [-0.25, -0.2) is 0 Å². The molecule has 0 aliphatic rings. The van der Waals surface area contributed by atoms with Crippen molar-refractivity contribution < 1.29 is 24.4 Å². The maximum absolute atomic E-state index is 11.8. The van der Waals surface area contributed by atoms with Crippen molar-refractivity contribution in [2.75, 3.05) is 6.61 Å². The quantitative estimate of drug-likeness (QED) is 0.530. The standard InChI is InChI=1S/C15H20N2O6/c1-15(2,9-7-14(19)20)16-13(18)8-10-23-12-6-4-3-5-11(12)17(21)22/h3-6H,7-10H2,1-2H3,(H,16,18)(H,19,20). The summed E-state index contributed by atoms with van der Waals surface area (Å²) in [4.78, 5) is 32.7. The van der Waals surface area contributed by atoms with Crippen LogP contribution in [0.3, 0.4) is 0 Å². The van der Waals surface area contributed by atoms with Crippen LogP contribution < -0.4 is 10.1 Å². The van der Waals surface area contributed by atoms with E-state index in [2.05, 4.69) is 5.32 Å². The van der Waals surface area contributed by atoms with Crippen LogP contribution >= 0.6 is 0 Å². The molecule has 0 spiro atoms. The van der Waals surface area contributed by atoms with Crippen LogP contribution in [0.4, 0.5) is 5.69 Å². The Labute approximate surface area is 133 Å². The number of carbonyl (C=O) groups is 2. The Morgan fingerprint density at radius 1 is 1.30 bits per heavy atom. The van der Waals surface area contributed by atoms with Gasteiger partial charge in [0.2, 0.25) is 5.91 Å². The van der Waals surface area contributed by atoms with Gasteiger partial charge in [0.15, 0.2) is 5.75 Å². The Balaban J connectivity index is 2.45. The highest BCUT2D eigenvalue weighted by molar-refractivity contribution is 5.77. The summed E-state index contributed by atoms with van der Waals surface area (Å²) >= 11 is 0. The molecular formula is C15H20N2O6. The Bertz CT molecular complexity index is 585. The molecule has 0 aliphatic carbocycles. The van der Waals surface area contributed by atoms with Crippen LogP contribution in [-0.4, -0.2) is 34.1 Å². The zero-order valence-corrected chi connectivity index (χ0v) is 13.1. The minimum atomic E-state index is -0.924. The number of nitro groups is 1. The number of amides is 1. The highest BCUT2D eigenvalue weighted by Crippen LogP contribution is 2.25. The second kappa shape index (κ2) is 8.11. The van der Waals surface area contributed by atoms with E-state index in [-0.39, 0.29) is 36.8 Å². The Kier molecular flexibility index (Phi) is 6.49. The molecule has 0 aliphatic heterocycles. The van der Waals surface area contributed by atoms with Crippen LogP contribution in [0.15, 0.2) is 24.3 Å². The van der Waals surface area contributed by atoms with Gasteiger partial charge in [-0.3, -0.25) is 19.7 Å². The van der Waals surface area contributed by atoms with Gasteiger partial charge >= 0.3 is 11.7 Å². The van der Waals surface area contributed by atoms with E-state index < -0.39 is 16.4 Å². The van der Waals surface area contributed by atoms with Crippen molar-refractivity contribution in [3.63, 3.8) is 0 Å². The molecule has 23 heavy (non-hydrogen) atoms. The van der Waals surface area contributed by atoms with E-state index in [4.69, 9.17) is 9.84 Å². The van der Waals surface area contributed by atoms with Crippen LogP contribution in [-0.2, 0) is 9.59 Å². The molecule has 0 unspecified atom stereocenters. The lowest BCUT2D eigenvalue weighted by atomic mass is 9.98. The van der Waals surface area contributed by atoms with Gasteiger partial charge in [0.1, 0.15) is 0 Å². The summed E-state index contributed by atoms with van der Waals surface area (Å²) in [5.74, 6) is -1.12. The van der Waals surface area contributed by atoms with Crippen molar-refractivity contribution in [3.05, 3.63) is 34.4 Å². The largest absolute Gasteiger partial charge is 0.486 e. The van der Waals surface area contributed by atoms with Gasteiger partial charge in [-0.05, 0) is 26.3 Å². The van der Waals surface area contributed by atoms with Crippen LogP contribution in [0, 0.1) is 10.1 Å². The number of aliphatic carboxylic acids is 1. The van der Waals surface area contributed by atoms with Gasteiger partial charge in [0.05, 0.1) is 18.0 Å². The zero-order chi connectivity index (χ0) is 17.5. The molecule has 0 radical (unpaired) electrons. The predicted molar refractivity (Wildman–Crippen MR) is 82.3 cm³/mol. The van der Waals surface area contributed by atoms with Gasteiger partial charge in [0.25, 0.3) is 0 Å². The van der Waals surface area contributed by atoms with E-state index in [9.17, 15) is 19.7 Å². The van der Waals surface area contributed by atoms with Gasteiger partial charge < -0.3 is 15.2 Å². The maximum atomic E-state index is 11.8. The maximum Gasteiger partial charge on any atom is 0.310 e. The van der Waals surface area contributed by atoms with Crippen LogP contribution in [0.1, 0.15) is 33.1 Å². The SMILES string of the molecule is CC(C)(CCC(=O)O)NC(=O)CCOc1ccccc1[N+](=O)[O-]. The molecule has 1 aromatic rings. The van der Waals surface area contributed by atoms with Crippen LogP contribution in [0.2, 0.25) is 0 Å². The number of para-hydroxylation sites is 2. The van der Waals surface area contributed by atoms with E-state index in [1.54, 1.807) is 19.9 Å². The first kappa shape index (κ1) is 18.4. The summed E-state index contributed by atoms with van der Waals surface area (Å²) in [6.45, 7) is 3.46. The summed E-state index contributed by atoms with van der Waals surface area (Å²) in [5.41, 5.74) is -0.802. The Morgan fingerprint density at radius 2 is 1.96 bits per heavy atom. The van der Waals surface area contributed by atoms with Gasteiger partial charge in [0, 0.05) is 18.0 Å². The molecule has 1 amide bonds. The molecule has 0 fully saturated rings. The highest BCUT2D eigenvalue weighted by atomic mass is 16.6. The van der Waals surface area contributed by atoms with Crippen molar-refractivity contribution in [2.24, 2.45) is 0 Å². The molecule has 1 aromatic carbocycles. The minimum Gasteiger partial charge on any atom is -0.486 e. The van der Waals surface area contributed by atoms with Crippen molar-refractivity contribution >= 4 is 17.6 Å². The first-order valence-corrected chi connectivity index (χ1v) is 7.10. The van der Waals surface area contributed by atoms with Gasteiger partial charge in [-0.15, -0.1) is 0 Å². The van der Waals surface area contributed by atoms with Crippen molar-refractivity contribution in [1.82, 2.24) is 5.32 Å². The average molecular weight is 324 g/mol. The molecule has 0 aromatic heterocycles. The lowest BCUT2D eigenvalue weighted by Gasteiger charge is -2.25. The third kappa shape index (κ3) is 6.77. The van der Waals surface area contributed by atoms with E-state index in [1.807, 2.05) is 0 Å². The predicted octanol–water partition coefficient (Wildman–Crippen LogP) is 2.12. The fourth-order valence-corrected chi connectivity index (χ4v) is 1.91. The molecule has 0 atom stereocenters. The smallest absolute Gasteiger partial charge is 0.310 e. The van der Waals surface area contributed by atoms with Gasteiger partial charge in [-0.1, -0.05) is 12.1 Å². The lowest BCUT2D eigenvalue weighted by molar-refractivity contribution is -0.385. The fraction of sp³-hybridized carbons (Fsp3) is 0.467. The summed E-state index contributed by atoms with van der Waals surface area (Å²) in [6, 6.07) is 5.93. The van der Waals surface area contributed by atoms with E-state index >= 15 is 0 Å². The summed E-state index contributed by atoms with van der Waals surface area (Å²) in [6.07, 6.45) is 0.279. The molecule has 0 heterocycles. The molecular weight excluding hydrogens is 304 g/mol. The normalized spacial score (nSPS) is 10.9. The molecule has 2 N–H and O–H groups in total. The van der Waals surface area contributed by atoms with Crippen molar-refractivity contribution in [1.29, 1.82) is 0 Å². The third-order valence-electron chi connectivity index (χ3n) is 3.09. The number of ether oxygens (including phenoxy) is 1. The summed E-state index contributed by atoms with van der Waals surface area (Å²) in [7, 11) is 0. The number of carboxylic acids is 1. The number of nitrogens with zero attached hydrogens (tertiary/aromatic N) is 1. The second-order valence-electron chi connectivity index (χ2n) is 5.65. The number of rotatable bonds is 9. The van der Waals surface area contributed by atoms with Crippen molar-refractivity contribution in [3.8, 4) is 5.75 Å². The number of carboxylic acid groups (broad SMARTS) is 1. The van der Waals surface area contributed by atoms with E-state index in [1.165, 1.54) is 18.2 Å². The van der Waals surface area contributed by atoms with Crippen LogP contribution in [0.5, 0.6) is 5.75 Å². The fourth-order valence-electron chi connectivity index (χ4n) is 1.91. The van der Waals surface area contributed by atoms with Gasteiger partial charge in [-0.2, -0.15) is 0 Å².